The van der Waals surface area contributed by atoms with E-state index >= 15 is 0 Å². The summed E-state index contributed by atoms with van der Waals surface area (Å²) in [5, 5.41) is 21.1. The highest BCUT2D eigenvalue weighted by Crippen LogP contribution is 2.21. The minimum Gasteiger partial charge on any atom is -0.478 e. The van der Waals surface area contributed by atoms with Crippen molar-refractivity contribution in [1.29, 1.82) is 5.26 Å². The second-order valence-electron chi connectivity index (χ2n) is 4.94. The van der Waals surface area contributed by atoms with E-state index in [0.29, 0.717) is 22.8 Å². The van der Waals surface area contributed by atoms with E-state index < -0.39 is 5.97 Å². The van der Waals surface area contributed by atoms with Crippen molar-refractivity contribution < 1.29 is 9.90 Å². The molecular weight excluding hydrogens is 266 g/mol. The van der Waals surface area contributed by atoms with E-state index in [2.05, 4.69) is 16.4 Å². The Kier molecular flexibility index (Phi) is 4.19. The number of benzene rings is 1. The summed E-state index contributed by atoms with van der Waals surface area (Å²) in [6.07, 6.45) is 0. The van der Waals surface area contributed by atoms with Crippen LogP contribution in [0.25, 0.3) is 0 Å². The van der Waals surface area contributed by atoms with E-state index in [1.165, 1.54) is 6.07 Å². The van der Waals surface area contributed by atoms with Crippen molar-refractivity contribution in [2.45, 2.75) is 19.8 Å². The third-order valence-electron chi connectivity index (χ3n) is 2.95. The molecule has 2 N–H and O–H groups in total. The predicted molar refractivity (Wildman–Crippen MR) is 79.7 cm³/mol. The molecule has 0 atom stereocenters. The normalized spacial score (nSPS) is 10.2. The summed E-state index contributed by atoms with van der Waals surface area (Å²) in [5.74, 6) is -0.419. The zero-order valence-electron chi connectivity index (χ0n) is 11.8. The van der Waals surface area contributed by atoms with Gasteiger partial charge in [-0.25, -0.2) is 9.78 Å². The molecule has 2 aromatic rings. The van der Waals surface area contributed by atoms with Gasteiger partial charge in [0, 0.05) is 11.4 Å². The molecule has 106 valence electrons. The fourth-order valence-corrected chi connectivity index (χ4v) is 1.85. The van der Waals surface area contributed by atoms with E-state index in [0.717, 1.165) is 0 Å². The Hall–Kier alpha value is -2.87. The number of pyridine rings is 1. The van der Waals surface area contributed by atoms with Crippen molar-refractivity contribution in [3.05, 3.63) is 53.2 Å². The molecule has 1 aromatic heterocycles. The minimum absolute atomic E-state index is 0.121. The van der Waals surface area contributed by atoms with Crippen LogP contribution in [-0.4, -0.2) is 16.1 Å². The van der Waals surface area contributed by atoms with E-state index in [4.69, 9.17) is 10.4 Å². The summed E-state index contributed by atoms with van der Waals surface area (Å²) in [7, 11) is 0. The van der Waals surface area contributed by atoms with Crippen LogP contribution in [0.1, 0.15) is 41.4 Å². The third-order valence-corrected chi connectivity index (χ3v) is 2.95. The van der Waals surface area contributed by atoms with Crippen molar-refractivity contribution >= 4 is 17.5 Å². The quantitative estimate of drug-likeness (QED) is 0.895. The first-order valence-electron chi connectivity index (χ1n) is 6.52. The number of nitriles is 1. The lowest BCUT2D eigenvalue weighted by molar-refractivity contribution is 0.0696. The average molecular weight is 281 g/mol. The summed E-state index contributed by atoms with van der Waals surface area (Å²) in [5.41, 5.74) is 2.11. The molecule has 2 rings (SSSR count). The lowest BCUT2D eigenvalue weighted by Crippen LogP contribution is -2.04. The summed E-state index contributed by atoms with van der Waals surface area (Å²) < 4.78 is 0. The van der Waals surface area contributed by atoms with Gasteiger partial charge in [-0.1, -0.05) is 19.9 Å². The Morgan fingerprint density at radius 2 is 2.10 bits per heavy atom. The number of carboxylic acid groups (broad SMARTS) is 1. The topological polar surface area (TPSA) is 86.0 Å². The molecule has 0 bridgehead atoms. The number of hydrogen-bond acceptors (Lipinski definition) is 4. The number of nitrogens with one attached hydrogen (secondary N) is 1. The number of nitrogens with zero attached hydrogens (tertiary/aromatic N) is 2. The SMILES string of the molecule is CC(C)c1cc(C(=O)O)cc(Nc2cccc(C#N)c2)n1. The van der Waals surface area contributed by atoms with Crippen LogP contribution >= 0.6 is 0 Å². The van der Waals surface area contributed by atoms with Gasteiger partial charge in [0.1, 0.15) is 5.82 Å². The van der Waals surface area contributed by atoms with Crippen molar-refractivity contribution in [2.24, 2.45) is 0 Å². The molecule has 0 aliphatic carbocycles. The van der Waals surface area contributed by atoms with Gasteiger partial charge in [-0.05, 0) is 36.2 Å². The zero-order valence-corrected chi connectivity index (χ0v) is 11.8. The lowest BCUT2D eigenvalue weighted by Gasteiger charge is -2.11. The monoisotopic (exact) mass is 281 g/mol. The van der Waals surface area contributed by atoms with Gasteiger partial charge in [-0.3, -0.25) is 0 Å². The first-order chi connectivity index (χ1) is 9.99. The Labute approximate surface area is 122 Å². The molecule has 0 amide bonds. The maximum atomic E-state index is 11.2. The number of aromatic nitrogens is 1. The summed E-state index contributed by atoms with van der Waals surface area (Å²) >= 11 is 0. The lowest BCUT2D eigenvalue weighted by atomic mass is 10.1. The van der Waals surface area contributed by atoms with Gasteiger partial charge in [-0.2, -0.15) is 5.26 Å². The van der Waals surface area contributed by atoms with Gasteiger partial charge in [-0.15, -0.1) is 0 Å². The summed E-state index contributed by atoms with van der Waals surface area (Å²) in [4.78, 5) is 15.6. The highest BCUT2D eigenvalue weighted by molar-refractivity contribution is 5.88. The van der Waals surface area contributed by atoms with Crippen LogP contribution in [0.15, 0.2) is 36.4 Å². The van der Waals surface area contributed by atoms with Crippen LogP contribution in [0.3, 0.4) is 0 Å². The predicted octanol–water partition coefficient (Wildman–Crippen LogP) is 3.52. The summed E-state index contributed by atoms with van der Waals surface area (Å²) in [6, 6.07) is 12.0. The van der Waals surface area contributed by atoms with Crippen LogP contribution < -0.4 is 5.32 Å². The van der Waals surface area contributed by atoms with Gasteiger partial charge in [0.25, 0.3) is 0 Å². The van der Waals surface area contributed by atoms with Gasteiger partial charge in [0.05, 0.1) is 17.2 Å². The Morgan fingerprint density at radius 1 is 1.33 bits per heavy atom. The first kappa shape index (κ1) is 14.5. The van der Waals surface area contributed by atoms with Crippen molar-refractivity contribution in [2.75, 3.05) is 5.32 Å². The standard InChI is InChI=1S/C16H15N3O2/c1-10(2)14-7-12(16(20)21)8-15(19-14)18-13-5-3-4-11(6-13)9-17/h3-8,10H,1-2H3,(H,18,19)(H,20,21). The van der Waals surface area contributed by atoms with Gasteiger partial charge < -0.3 is 10.4 Å². The Balaban J connectivity index is 2.38. The van der Waals surface area contributed by atoms with Gasteiger partial charge in [0.2, 0.25) is 0 Å². The van der Waals surface area contributed by atoms with Crippen LogP contribution in [0.2, 0.25) is 0 Å². The minimum atomic E-state index is -0.992. The molecule has 5 nitrogen and oxygen atoms in total. The average Bonchev–Trinajstić information content (AvgIpc) is 2.47. The fourth-order valence-electron chi connectivity index (χ4n) is 1.85. The van der Waals surface area contributed by atoms with Crippen molar-refractivity contribution in [1.82, 2.24) is 4.98 Å². The maximum absolute atomic E-state index is 11.2. The molecule has 0 unspecified atom stereocenters. The summed E-state index contributed by atoms with van der Waals surface area (Å²) in [6.45, 7) is 3.90. The second kappa shape index (κ2) is 6.06. The van der Waals surface area contributed by atoms with E-state index in [1.54, 1.807) is 30.3 Å². The van der Waals surface area contributed by atoms with Gasteiger partial charge >= 0.3 is 5.97 Å². The van der Waals surface area contributed by atoms with Crippen LogP contribution in [-0.2, 0) is 0 Å². The number of anilines is 2. The van der Waals surface area contributed by atoms with Crippen molar-refractivity contribution in [3.63, 3.8) is 0 Å². The molecule has 0 saturated carbocycles. The van der Waals surface area contributed by atoms with Crippen LogP contribution in [0.5, 0.6) is 0 Å². The third kappa shape index (κ3) is 3.57. The van der Waals surface area contributed by atoms with Crippen molar-refractivity contribution in [3.8, 4) is 6.07 Å². The highest BCUT2D eigenvalue weighted by atomic mass is 16.4. The molecule has 5 heteroatoms. The molecule has 0 aliphatic rings. The molecule has 0 saturated heterocycles. The Morgan fingerprint density at radius 3 is 2.71 bits per heavy atom. The van der Waals surface area contributed by atoms with E-state index in [-0.39, 0.29) is 11.5 Å². The molecule has 1 aromatic carbocycles. The molecule has 21 heavy (non-hydrogen) atoms. The van der Waals surface area contributed by atoms with Gasteiger partial charge in [0.15, 0.2) is 0 Å². The maximum Gasteiger partial charge on any atom is 0.335 e. The zero-order chi connectivity index (χ0) is 15.4. The second-order valence-corrected chi connectivity index (χ2v) is 4.94. The molecular formula is C16H15N3O2. The van der Waals surface area contributed by atoms with E-state index in [9.17, 15) is 4.79 Å². The molecule has 1 heterocycles. The van der Waals surface area contributed by atoms with E-state index in [1.807, 2.05) is 13.8 Å². The highest BCUT2D eigenvalue weighted by Gasteiger charge is 2.11. The molecule has 0 spiro atoms. The van der Waals surface area contributed by atoms with Crippen LogP contribution in [0.4, 0.5) is 11.5 Å². The molecule has 0 radical (unpaired) electrons. The molecule has 0 fully saturated rings. The van der Waals surface area contributed by atoms with Crippen LogP contribution in [0, 0.1) is 11.3 Å². The number of rotatable bonds is 4. The number of hydrogen-bond donors (Lipinski definition) is 2. The number of aromatic carboxylic acids is 1. The largest absolute Gasteiger partial charge is 0.478 e. The first-order valence-corrected chi connectivity index (χ1v) is 6.52. The fraction of sp³-hybridized carbons (Fsp3) is 0.188. The number of carboxylic acids is 1. The number of carbonyl (C=O) groups is 1. The molecule has 0 aliphatic heterocycles. The smallest absolute Gasteiger partial charge is 0.335 e. The Bertz CT molecular complexity index is 718.